The SMILES string of the molecule is C=C1/C(=C\C=C2/CCC[C@@]3(C)C2CCC3[C@@H](C)CC=CC)C[C@@H](O[Si](C)(C)C(C)(C)C)C[C@@H]1O[Si](C)(C)C(C)(C)C. The van der Waals surface area contributed by atoms with E-state index in [0.29, 0.717) is 5.41 Å². The summed E-state index contributed by atoms with van der Waals surface area (Å²) in [7, 11) is -3.85. The van der Waals surface area contributed by atoms with E-state index < -0.39 is 16.6 Å². The molecule has 2 nitrogen and oxygen atoms in total. The summed E-state index contributed by atoms with van der Waals surface area (Å²) < 4.78 is 14.1. The molecule has 3 fully saturated rings. The van der Waals surface area contributed by atoms with Crippen LogP contribution in [0.3, 0.4) is 0 Å². The van der Waals surface area contributed by atoms with Gasteiger partial charge in [0.15, 0.2) is 16.6 Å². The quantitative estimate of drug-likeness (QED) is 0.204. The summed E-state index contributed by atoms with van der Waals surface area (Å²) in [6.07, 6.45) is 19.6. The van der Waals surface area contributed by atoms with Crippen molar-refractivity contribution >= 4 is 16.6 Å². The second-order valence-corrected chi connectivity index (χ2v) is 26.7. The van der Waals surface area contributed by atoms with Crippen molar-refractivity contribution in [3.63, 3.8) is 0 Å². The van der Waals surface area contributed by atoms with Crippen LogP contribution in [-0.2, 0) is 8.85 Å². The fourth-order valence-electron chi connectivity index (χ4n) is 7.49. The van der Waals surface area contributed by atoms with Crippen LogP contribution in [0.15, 0.2) is 47.6 Å². The zero-order chi connectivity index (χ0) is 31.0. The molecule has 0 bridgehead atoms. The molecule has 0 aromatic heterocycles. The Morgan fingerprint density at radius 1 is 0.976 bits per heavy atom. The largest absolute Gasteiger partial charge is 0.413 e. The van der Waals surface area contributed by atoms with Crippen molar-refractivity contribution in [2.24, 2.45) is 23.2 Å². The summed E-state index contributed by atoms with van der Waals surface area (Å²) in [4.78, 5) is 0. The van der Waals surface area contributed by atoms with Crippen molar-refractivity contribution in [2.75, 3.05) is 0 Å². The molecule has 0 aromatic rings. The van der Waals surface area contributed by atoms with Crippen molar-refractivity contribution in [1.29, 1.82) is 0 Å². The number of rotatable bonds is 8. The third-order valence-electron chi connectivity index (χ3n) is 12.2. The van der Waals surface area contributed by atoms with E-state index >= 15 is 0 Å². The van der Waals surface area contributed by atoms with E-state index in [2.05, 4.69) is 119 Å². The van der Waals surface area contributed by atoms with Gasteiger partial charge in [-0.15, -0.1) is 0 Å². The molecule has 3 rings (SSSR count). The minimum absolute atomic E-state index is 0.0454. The Morgan fingerprint density at radius 2 is 1.59 bits per heavy atom. The predicted octanol–water partition coefficient (Wildman–Crippen LogP) is 11.8. The maximum Gasteiger partial charge on any atom is 0.192 e. The van der Waals surface area contributed by atoms with Gasteiger partial charge < -0.3 is 8.85 Å². The fraction of sp³-hybridized carbons (Fsp3) is 0.784. The molecular formula is C37H66O2Si2. The molecule has 234 valence electrons. The van der Waals surface area contributed by atoms with Crippen LogP contribution >= 0.6 is 0 Å². The normalized spacial score (nSPS) is 33.1. The van der Waals surface area contributed by atoms with Gasteiger partial charge in [0.2, 0.25) is 0 Å². The first-order valence-corrected chi connectivity index (χ1v) is 22.6. The minimum atomic E-state index is -1.95. The third kappa shape index (κ3) is 7.70. The highest BCUT2D eigenvalue weighted by Crippen LogP contribution is 2.60. The Balaban J connectivity index is 1.91. The Bertz CT molecular complexity index is 1020. The lowest BCUT2D eigenvalue weighted by molar-refractivity contribution is 0.0965. The molecule has 3 aliphatic carbocycles. The summed E-state index contributed by atoms with van der Waals surface area (Å²) in [6, 6.07) is 0. The van der Waals surface area contributed by atoms with Crippen molar-refractivity contribution in [1.82, 2.24) is 0 Å². The summed E-state index contributed by atoms with van der Waals surface area (Å²) >= 11 is 0. The second-order valence-electron chi connectivity index (χ2n) is 17.1. The summed E-state index contributed by atoms with van der Waals surface area (Å²) in [5.41, 5.74) is 4.69. The molecule has 0 aliphatic heterocycles. The van der Waals surface area contributed by atoms with Crippen LogP contribution in [0.1, 0.15) is 114 Å². The van der Waals surface area contributed by atoms with Crippen molar-refractivity contribution in [3.8, 4) is 0 Å². The van der Waals surface area contributed by atoms with Gasteiger partial charge in [-0.3, -0.25) is 0 Å². The highest BCUT2D eigenvalue weighted by atomic mass is 28.4. The molecule has 2 unspecified atom stereocenters. The maximum atomic E-state index is 7.07. The van der Waals surface area contributed by atoms with Crippen LogP contribution in [0.25, 0.3) is 0 Å². The first-order valence-electron chi connectivity index (χ1n) is 16.8. The monoisotopic (exact) mass is 598 g/mol. The Labute approximate surface area is 257 Å². The lowest BCUT2D eigenvalue weighted by Gasteiger charge is -2.46. The lowest BCUT2D eigenvalue weighted by Crippen LogP contribution is -2.49. The number of allylic oxidation sites excluding steroid dienone is 5. The predicted molar refractivity (Wildman–Crippen MR) is 185 cm³/mol. The number of hydrogen-bond acceptors (Lipinski definition) is 2. The van der Waals surface area contributed by atoms with Gasteiger partial charge in [0, 0.05) is 6.42 Å². The molecule has 41 heavy (non-hydrogen) atoms. The minimum Gasteiger partial charge on any atom is -0.413 e. The molecule has 0 radical (unpaired) electrons. The van der Waals surface area contributed by atoms with E-state index in [9.17, 15) is 0 Å². The van der Waals surface area contributed by atoms with Crippen molar-refractivity contribution in [3.05, 3.63) is 47.6 Å². The topological polar surface area (TPSA) is 18.5 Å². The van der Waals surface area contributed by atoms with Gasteiger partial charge in [0.25, 0.3) is 0 Å². The lowest BCUT2D eigenvalue weighted by atomic mass is 9.61. The van der Waals surface area contributed by atoms with Gasteiger partial charge in [-0.2, -0.15) is 0 Å². The average molecular weight is 599 g/mol. The zero-order valence-corrected chi connectivity index (χ0v) is 31.4. The molecule has 6 atom stereocenters. The molecule has 3 aliphatic rings. The van der Waals surface area contributed by atoms with Crippen LogP contribution < -0.4 is 0 Å². The summed E-state index contributed by atoms with van der Waals surface area (Å²) in [6.45, 7) is 35.5. The molecule has 0 saturated heterocycles. The second kappa shape index (κ2) is 12.7. The Kier molecular flexibility index (Phi) is 10.8. The molecule has 0 heterocycles. The molecule has 0 amide bonds. The van der Waals surface area contributed by atoms with Gasteiger partial charge in [-0.05, 0) is 122 Å². The Morgan fingerprint density at radius 3 is 2.17 bits per heavy atom. The molecule has 4 heteroatoms. The van der Waals surface area contributed by atoms with Gasteiger partial charge >= 0.3 is 0 Å². The summed E-state index contributed by atoms with van der Waals surface area (Å²) in [5, 5.41) is 0.362. The van der Waals surface area contributed by atoms with E-state index in [1.165, 1.54) is 49.7 Å². The standard InChI is InChI=1S/C37H66O2Si2/c1-15-16-18-27(2)32-22-23-33-29(19-17-24-37(32,33)10)20-21-30-25-31(38-40(11,12)35(4,5)6)26-34(28(30)3)39-41(13,14)36(7,8)9/h15-16,20-21,27,31-34H,3,17-19,22-26H2,1-2,4-14H3/b16-15?,29-20+,30-21-/t27-,31+,32?,33?,34-,37+/m0/s1. The number of hydrogen-bond donors (Lipinski definition) is 0. The van der Waals surface area contributed by atoms with Gasteiger partial charge in [0.05, 0.1) is 12.2 Å². The molecule has 3 saturated carbocycles. The van der Waals surface area contributed by atoms with Crippen molar-refractivity contribution in [2.45, 2.75) is 162 Å². The highest BCUT2D eigenvalue weighted by molar-refractivity contribution is 6.74. The van der Waals surface area contributed by atoms with Gasteiger partial charge in [-0.25, -0.2) is 0 Å². The molecule has 0 N–H and O–H groups in total. The molecule has 0 spiro atoms. The molecule has 0 aromatic carbocycles. The third-order valence-corrected chi connectivity index (χ3v) is 21.2. The van der Waals surface area contributed by atoms with Gasteiger partial charge in [-0.1, -0.05) is 91.8 Å². The van der Waals surface area contributed by atoms with E-state index in [-0.39, 0.29) is 22.3 Å². The fourth-order valence-corrected chi connectivity index (χ4v) is 10.2. The maximum absolute atomic E-state index is 7.07. The zero-order valence-electron chi connectivity index (χ0n) is 29.4. The first kappa shape index (κ1) is 34.8. The molecular weight excluding hydrogens is 533 g/mol. The highest BCUT2D eigenvalue weighted by Gasteiger charge is 2.50. The average Bonchev–Trinajstić information content (AvgIpc) is 3.19. The van der Waals surface area contributed by atoms with Crippen LogP contribution in [0, 0.1) is 23.2 Å². The summed E-state index contributed by atoms with van der Waals surface area (Å²) in [5.74, 6) is 2.31. The van der Waals surface area contributed by atoms with E-state index in [1.54, 1.807) is 5.57 Å². The number of fused-ring (bicyclic) bond motifs is 1. The van der Waals surface area contributed by atoms with Crippen LogP contribution in [0.2, 0.25) is 36.3 Å². The van der Waals surface area contributed by atoms with E-state index in [1.807, 2.05) is 0 Å². The van der Waals surface area contributed by atoms with Crippen LogP contribution in [0.5, 0.6) is 0 Å². The van der Waals surface area contributed by atoms with Crippen LogP contribution in [0.4, 0.5) is 0 Å². The van der Waals surface area contributed by atoms with Crippen molar-refractivity contribution < 1.29 is 8.85 Å². The Hall–Kier alpha value is -0.686. The first-order chi connectivity index (χ1) is 18.7. The van der Waals surface area contributed by atoms with Crippen LogP contribution in [-0.4, -0.2) is 28.8 Å². The van der Waals surface area contributed by atoms with Gasteiger partial charge in [0.1, 0.15) is 0 Å². The smallest absolute Gasteiger partial charge is 0.192 e. The van der Waals surface area contributed by atoms with E-state index in [0.717, 1.165) is 30.6 Å². The van der Waals surface area contributed by atoms with E-state index in [4.69, 9.17) is 8.85 Å².